The van der Waals surface area contributed by atoms with Crippen molar-refractivity contribution in [3.8, 4) is 0 Å². The third-order valence-electron chi connectivity index (χ3n) is 4.68. The van der Waals surface area contributed by atoms with Gasteiger partial charge in [-0.1, -0.05) is 25.0 Å². The minimum atomic E-state index is -0.854. The summed E-state index contributed by atoms with van der Waals surface area (Å²) in [6.07, 6.45) is 4.11. The molecule has 1 unspecified atom stereocenters. The Morgan fingerprint density at radius 2 is 1.76 bits per heavy atom. The number of halogens is 2. The smallest absolute Gasteiger partial charge is 0.162 e. The summed E-state index contributed by atoms with van der Waals surface area (Å²) < 4.78 is 27.0. The van der Waals surface area contributed by atoms with E-state index in [9.17, 15) is 13.9 Å². The molecule has 0 aliphatic carbocycles. The largest absolute Gasteiger partial charge is 0.391 e. The summed E-state index contributed by atoms with van der Waals surface area (Å²) >= 11 is 0. The lowest BCUT2D eigenvalue weighted by Gasteiger charge is -2.41. The Hall–Kier alpha value is -1.00. The summed E-state index contributed by atoms with van der Waals surface area (Å²) in [5.41, 5.74) is -0.200. The van der Waals surface area contributed by atoms with E-state index in [4.69, 9.17) is 0 Å². The molecule has 1 aliphatic heterocycles. The molecule has 1 atom stereocenters. The van der Waals surface area contributed by atoms with Crippen LogP contribution >= 0.6 is 0 Å². The quantitative estimate of drug-likeness (QED) is 0.919. The number of benzene rings is 1. The molecule has 4 heteroatoms. The molecular weight excluding hydrogens is 272 g/mol. The van der Waals surface area contributed by atoms with Crippen LogP contribution in [0.25, 0.3) is 0 Å². The average Bonchev–Trinajstić information content (AvgIpc) is 2.73. The summed E-state index contributed by atoms with van der Waals surface area (Å²) in [5.74, 6) is -1.70. The Bertz CT molecular complexity index is 468. The predicted molar refractivity (Wildman–Crippen MR) is 80.2 cm³/mol. The van der Waals surface area contributed by atoms with E-state index in [1.807, 2.05) is 13.8 Å². The molecule has 0 bridgehead atoms. The molecule has 1 aromatic rings. The van der Waals surface area contributed by atoms with Gasteiger partial charge in [0.25, 0.3) is 0 Å². The fourth-order valence-corrected chi connectivity index (χ4v) is 3.02. The van der Waals surface area contributed by atoms with Gasteiger partial charge in [-0.2, -0.15) is 0 Å². The van der Waals surface area contributed by atoms with Crippen LogP contribution in [0.15, 0.2) is 18.2 Å². The molecule has 1 fully saturated rings. The van der Waals surface area contributed by atoms with Gasteiger partial charge in [0.05, 0.1) is 6.10 Å². The highest BCUT2D eigenvalue weighted by Crippen LogP contribution is 2.26. The van der Waals surface area contributed by atoms with Gasteiger partial charge in [-0.25, -0.2) is 8.78 Å². The zero-order valence-corrected chi connectivity index (χ0v) is 12.9. The van der Waals surface area contributed by atoms with Gasteiger partial charge in [0.2, 0.25) is 0 Å². The summed E-state index contributed by atoms with van der Waals surface area (Å²) in [6, 6.07) is 4.13. The zero-order chi connectivity index (χ0) is 15.5. The van der Waals surface area contributed by atoms with Crippen LogP contribution in [0.5, 0.6) is 0 Å². The van der Waals surface area contributed by atoms with Crippen LogP contribution in [-0.2, 0) is 6.42 Å². The summed E-state index contributed by atoms with van der Waals surface area (Å²) in [5, 5.41) is 10.6. The lowest BCUT2D eigenvalue weighted by Crippen LogP contribution is -2.53. The van der Waals surface area contributed by atoms with Crippen molar-refractivity contribution in [1.29, 1.82) is 0 Å². The first-order valence-corrected chi connectivity index (χ1v) is 7.79. The fourth-order valence-electron chi connectivity index (χ4n) is 3.02. The number of nitrogens with zero attached hydrogens (tertiary/aromatic N) is 1. The molecule has 0 spiro atoms. The average molecular weight is 297 g/mol. The molecule has 118 valence electrons. The lowest BCUT2D eigenvalue weighted by atomic mass is 9.89. The summed E-state index contributed by atoms with van der Waals surface area (Å²) in [4.78, 5) is 2.28. The van der Waals surface area contributed by atoms with Crippen LogP contribution in [0.1, 0.15) is 45.1 Å². The number of hydrogen-bond donors (Lipinski definition) is 1. The fraction of sp³-hybridized carbons (Fsp3) is 0.647. The van der Waals surface area contributed by atoms with Gasteiger partial charge < -0.3 is 5.11 Å². The second-order valence-electron chi connectivity index (χ2n) is 6.49. The molecule has 1 saturated heterocycles. The van der Waals surface area contributed by atoms with Crippen molar-refractivity contribution in [1.82, 2.24) is 4.90 Å². The molecule has 0 amide bonds. The number of likely N-dealkylation sites (tertiary alicyclic amines) is 1. The van der Waals surface area contributed by atoms with Gasteiger partial charge in [-0.3, -0.25) is 4.90 Å². The van der Waals surface area contributed by atoms with E-state index in [1.54, 1.807) is 6.07 Å². The van der Waals surface area contributed by atoms with Gasteiger partial charge in [0.1, 0.15) is 0 Å². The van der Waals surface area contributed by atoms with Gasteiger partial charge >= 0.3 is 0 Å². The first kappa shape index (κ1) is 16.4. The monoisotopic (exact) mass is 297 g/mol. The first-order chi connectivity index (χ1) is 9.93. The van der Waals surface area contributed by atoms with Gasteiger partial charge in [0, 0.05) is 12.0 Å². The highest BCUT2D eigenvalue weighted by molar-refractivity contribution is 5.20. The van der Waals surface area contributed by atoms with Crippen LogP contribution in [0, 0.1) is 11.6 Å². The van der Waals surface area contributed by atoms with Crippen molar-refractivity contribution in [3.05, 3.63) is 35.4 Å². The SMILES string of the molecule is CC(C)(C(O)Cc1cccc(F)c1F)N1CCCCCC1. The molecule has 0 radical (unpaired) electrons. The Balaban J connectivity index is 2.10. The Labute approximate surface area is 125 Å². The summed E-state index contributed by atoms with van der Waals surface area (Å²) in [6.45, 7) is 5.88. The van der Waals surface area contributed by atoms with Crippen LogP contribution in [0.4, 0.5) is 8.78 Å². The highest BCUT2D eigenvalue weighted by atomic mass is 19.2. The van der Waals surface area contributed by atoms with E-state index in [-0.39, 0.29) is 12.0 Å². The number of hydrogen-bond acceptors (Lipinski definition) is 2. The van der Waals surface area contributed by atoms with E-state index in [0.29, 0.717) is 0 Å². The van der Waals surface area contributed by atoms with Crippen molar-refractivity contribution in [2.45, 2.75) is 57.6 Å². The number of rotatable bonds is 4. The zero-order valence-electron chi connectivity index (χ0n) is 12.9. The van der Waals surface area contributed by atoms with E-state index < -0.39 is 23.3 Å². The van der Waals surface area contributed by atoms with Gasteiger partial charge in [0.15, 0.2) is 11.6 Å². The molecule has 1 aliphatic rings. The summed E-state index contributed by atoms with van der Waals surface area (Å²) in [7, 11) is 0. The van der Waals surface area contributed by atoms with Gasteiger partial charge in [-0.05, 0) is 51.4 Å². The minimum absolute atomic E-state index is 0.132. The van der Waals surface area contributed by atoms with Crippen molar-refractivity contribution < 1.29 is 13.9 Å². The molecule has 1 N–H and O–H groups in total. The van der Waals surface area contributed by atoms with Crippen molar-refractivity contribution >= 4 is 0 Å². The number of aliphatic hydroxyl groups is 1. The van der Waals surface area contributed by atoms with E-state index in [2.05, 4.69) is 4.90 Å². The van der Waals surface area contributed by atoms with Crippen LogP contribution in [0.3, 0.4) is 0 Å². The third kappa shape index (κ3) is 3.80. The van der Waals surface area contributed by atoms with E-state index in [0.717, 1.165) is 32.0 Å². The molecule has 2 nitrogen and oxygen atoms in total. The van der Waals surface area contributed by atoms with E-state index >= 15 is 0 Å². The van der Waals surface area contributed by atoms with Crippen molar-refractivity contribution in [3.63, 3.8) is 0 Å². The number of aliphatic hydroxyl groups excluding tert-OH is 1. The lowest BCUT2D eigenvalue weighted by molar-refractivity contribution is -0.00830. The highest BCUT2D eigenvalue weighted by Gasteiger charge is 2.35. The topological polar surface area (TPSA) is 23.5 Å². The van der Waals surface area contributed by atoms with Crippen molar-refractivity contribution in [2.75, 3.05) is 13.1 Å². The molecule has 0 aromatic heterocycles. The third-order valence-corrected chi connectivity index (χ3v) is 4.68. The Morgan fingerprint density at radius 3 is 2.38 bits per heavy atom. The standard InChI is InChI=1S/C17H25F2NO/c1-17(2,20-10-5-3-4-6-11-20)15(21)12-13-8-7-9-14(18)16(13)19/h7-9,15,21H,3-6,10-12H2,1-2H3. The Morgan fingerprint density at radius 1 is 1.14 bits per heavy atom. The molecular formula is C17H25F2NO. The van der Waals surface area contributed by atoms with Crippen LogP contribution in [0.2, 0.25) is 0 Å². The van der Waals surface area contributed by atoms with Crippen LogP contribution in [-0.4, -0.2) is 34.7 Å². The maximum Gasteiger partial charge on any atom is 0.162 e. The second kappa shape index (κ2) is 6.84. The maximum atomic E-state index is 13.8. The minimum Gasteiger partial charge on any atom is -0.391 e. The maximum absolute atomic E-state index is 13.8. The second-order valence-corrected chi connectivity index (χ2v) is 6.49. The molecule has 0 saturated carbocycles. The normalized spacial score (nSPS) is 19.3. The molecule has 1 aromatic carbocycles. The van der Waals surface area contributed by atoms with Gasteiger partial charge in [-0.15, -0.1) is 0 Å². The van der Waals surface area contributed by atoms with Crippen molar-refractivity contribution in [2.24, 2.45) is 0 Å². The first-order valence-electron chi connectivity index (χ1n) is 7.79. The Kier molecular flexibility index (Phi) is 5.33. The predicted octanol–water partition coefficient (Wildman–Crippen LogP) is 3.52. The van der Waals surface area contributed by atoms with E-state index in [1.165, 1.54) is 18.9 Å². The molecule has 21 heavy (non-hydrogen) atoms. The molecule has 1 heterocycles. The van der Waals surface area contributed by atoms with Crippen LogP contribution < -0.4 is 0 Å². The molecule has 2 rings (SSSR count).